The molecule has 196 valence electrons. The fourth-order valence-corrected chi connectivity index (χ4v) is 6.60. The van der Waals surface area contributed by atoms with Crippen LogP contribution in [-0.4, -0.2) is 48.5 Å². The molecule has 3 aromatic rings. The molecule has 1 N–H and O–H groups in total. The van der Waals surface area contributed by atoms with E-state index in [1.54, 1.807) is 46.8 Å². The maximum Gasteiger partial charge on any atom is 0.257 e. The van der Waals surface area contributed by atoms with Crippen LogP contribution in [-0.2, 0) is 19.6 Å². The van der Waals surface area contributed by atoms with Crippen molar-refractivity contribution in [3.8, 4) is 0 Å². The number of hydrogen-bond acceptors (Lipinski definition) is 7. The van der Waals surface area contributed by atoms with Crippen LogP contribution in [0.3, 0.4) is 0 Å². The lowest BCUT2D eigenvalue weighted by Gasteiger charge is -2.21. The van der Waals surface area contributed by atoms with Gasteiger partial charge in [0.25, 0.3) is 5.91 Å². The number of rotatable bonds is 11. The Morgan fingerprint density at radius 1 is 1.00 bits per heavy atom. The van der Waals surface area contributed by atoms with Crippen LogP contribution >= 0.6 is 11.3 Å². The van der Waals surface area contributed by atoms with E-state index in [1.807, 2.05) is 13.8 Å². The Bertz CT molecular complexity index is 1390. The Balaban J connectivity index is 1.50. The molecule has 1 aromatic heterocycles. The number of anilines is 2. The van der Waals surface area contributed by atoms with Gasteiger partial charge in [0.15, 0.2) is 5.13 Å². The van der Waals surface area contributed by atoms with Crippen molar-refractivity contribution in [2.24, 2.45) is 0 Å². The van der Waals surface area contributed by atoms with Gasteiger partial charge in [-0.1, -0.05) is 38.0 Å². The third-order valence-electron chi connectivity index (χ3n) is 6.18. The van der Waals surface area contributed by atoms with Crippen LogP contribution in [0.1, 0.15) is 62.7 Å². The quantitative estimate of drug-likeness (QED) is 0.348. The molecule has 9 nitrogen and oxygen atoms in total. The van der Waals surface area contributed by atoms with Gasteiger partial charge >= 0.3 is 0 Å². The van der Waals surface area contributed by atoms with E-state index in [0.717, 1.165) is 30.6 Å². The molecular weight excluding hydrogens is 512 g/mol. The fraction of sp³-hybridized carbons (Fsp3) is 0.385. The standard InChI is InChI=1S/C26H30N4O5S2/c1-3-5-15-29(16-6-4-2)37(34,35)20-11-12-21-22(17-20)36-26(27-21)28-25(33)18-7-9-19(10-8-18)30-23(31)13-14-24(30)32/h7-12,17H,3-6,13-16H2,1-2H3,(H,27,28,33). The minimum atomic E-state index is -3.64. The summed E-state index contributed by atoms with van der Waals surface area (Å²) in [6, 6.07) is 11.1. The van der Waals surface area contributed by atoms with Crippen molar-refractivity contribution in [3.05, 3.63) is 48.0 Å². The van der Waals surface area contributed by atoms with Crippen LogP contribution in [0.2, 0.25) is 0 Å². The number of nitrogens with one attached hydrogen (secondary N) is 1. The number of benzene rings is 2. The van der Waals surface area contributed by atoms with E-state index in [-0.39, 0.29) is 29.6 Å². The lowest BCUT2D eigenvalue weighted by molar-refractivity contribution is -0.121. The van der Waals surface area contributed by atoms with Crippen LogP contribution in [0.25, 0.3) is 10.2 Å². The highest BCUT2D eigenvalue weighted by Gasteiger charge is 2.30. The average molecular weight is 543 g/mol. The number of carbonyl (C=O) groups excluding carboxylic acids is 3. The second kappa shape index (κ2) is 11.5. The van der Waals surface area contributed by atoms with Crippen LogP contribution in [0, 0.1) is 0 Å². The van der Waals surface area contributed by atoms with Gasteiger partial charge in [0, 0.05) is 31.5 Å². The van der Waals surface area contributed by atoms with Gasteiger partial charge in [0.1, 0.15) is 0 Å². The Morgan fingerprint density at radius 2 is 1.62 bits per heavy atom. The molecule has 37 heavy (non-hydrogen) atoms. The van der Waals surface area contributed by atoms with Gasteiger partial charge < -0.3 is 0 Å². The minimum absolute atomic E-state index is 0.192. The van der Waals surface area contributed by atoms with E-state index in [4.69, 9.17) is 0 Å². The number of carbonyl (C=O) groups is 3. The van der Waals surface area contributed by atoms with Crippen LogP contribution in [0.4, 0.5) is 10.8 Å². The number of sulfonamides is 1. The maximum atomic E-state index is 13.3. The van der Waals surface area contributed by atoms with Gasteiger partial charge in [-0.2, -0.15) is 4.31 Å². The molecule has 0 unspecified atom stereocenters. The molecule has 1 fully saturated rings. The summed E-state index contributed by atoms with van der Waals surface area (Å²) in [7, 11) is -3.64. The summed E-state index contributed by atoms with van der Waals surface area (Å²) in [5.74, 6) is -0.906. The first-order valence-corrected chi connectivity index (χ1v) is 14.7. The summed E-state index contributed by atoms with van der Waals surface area (Å²) >= 11 is 1.20. The number of thiazole rings is 1. The van der Waals surface area contributed by atoms with Gasteiger partial charge in [0.2, 0.25) is 21.8 Å². The van der Waals surface area contributed by atoms with E-state index in [2.05, 4.69) is 10.3 Å². The number of hydrogen-bond donors (Lipinski definition) is 1. The summed E-state index contributed by atoms with van der Waals surface area (Å²) < 4.78 is 28.8. The van der Waals surface area contributed by atoms with Crippen molar-refractivity contribution in [1.82, 2.24) is 9.29 Å². The second-order valence-corrected chi connectivity index (χ2v) is 11.9. The molecule has 1 aliphatic heterocycles. The molecule has 4 rings (SSSR count). The Morgan fingerprint density at radius 3 is 2.22 bits per heavy atom. The van der Waals surface area contributed by atoms with E-state index in [0.29, 0.717) is 39.7 Å². The Labute approximate surface area is 220 Å². The van der Waals surface area contributed by atoms with Gasteiger partial charge in [-0.3, -0.25) is 24.6 Å². The minimum Gasteiger partial charge on any atom is -0.298 e. The lowest BCUT2D eigenvalue weighted by Crippen LogP contribution is -2.33. The smallest absolute Gasteiger partial charge is 0.257 e. The highest BCUT2D eigenvalue weighted by Crippen LogP contribution is 2.30. The van der Waals surface area contributed by atoms with Gasteiger partial charge in [-0.25, -0.2) is 13.4 Å². The Kier molecular flexibility index (Phi) is 8.35. The first-order chi connectivity index (χ1) is 17.7. The van der Waals surface area contributed by atoms with E-state index in [9.17, 15) is 22.8 Å². The van der Waals surface area contributed by atoms with E-state index in [1.165, 1.54) is 11.3 Å². The number of aromatic nitrogens is 1. The van der Waals surface area contributed by atoms with Crippen molar-refractivity contribution in [3.63, 3.8) is 0 Å². The van der Waals surface area contributed by atoms with Crippen molar-refractivity contribution in [2.75, 3.05) is 23.3 Å². The third kappa shape index (κ3) is 5.89. The van der Waals surface area contributed by atoms with E-state index < -0.39 is 15.9 Å². The topological polar surface area (TPSA) is 117 Å². The van der Waals surface area contributed by atoms with Crippen molar-refractivity contribution >= 4 is 60.1 Å². The lowest BCUT2D eigenvalue weighted by atomic mass is 10.2. The van der Waals surface area contributed by atoms with Crippen molar-refractivity contribution in [2.45, 2.75) is 57.3 Å². The molecule has 1 saturated heterocycles. The van der Waals surface area contributed by atoms with Crippen LogP contribution < -0.4 is 10.2 Å². The molecular formula is C26H30N4O5S2. The number of unbranched alkanes of at least 4 members (excludes halogenated alkanes) is 2. The average Bonchev–Trinajstić information content (AvgIpc) is 3.44. The monoisotopic (exact) mass is 542 g/mol. The molecule has 2 aromatic carbocycles. The predicted molar refractivity (Wildman–Crippen MR) is 144 cm³/mol. The molecule has 0 radical (unpaired) electrons. The van der Waals surface area contributed by atoms with Crippen molar-refractivity contribution < 1.29 is 22.8 Å². The molecule has 0 aliphatic carbocycles. The number of amides is 3. The first kappa shape index (κ1) is 26.9. The van der Waals surface area contributed by atoms with Crippen LogP contribution in [0.5, 0.6) is 0 Å². The second-order valence-electron chi connectivity index (χ2n) is 8.88. The normalized spacial score (nSPS) is 14.2. The van der Waals surface area contributed by atoms with Gasteiger partial charge in [-0.15, -0.1) is 0 Å². The molecule has 0 bridgehead atoms. The molecule has 2 heterocycles. The van der Waals surface area contributed by atoms with Crippen molar-refractivity contribution in [1.29, 1.82) is 0 Å². The maximum absolute atomic E-state index is 13.3. The highest BCUT2D eigenvalue weighted by atomic mass is 32.2. The molecule has 1 aliphatic rings. The third-order valence-corrected chi connectivity index (χ3v) is 9.01. The van der Waals surface area contributed by atoms with Gasteiger partial charge in [-0.05, 0) is 55.3 Å². The number of nitrogens with zero attached hydrogens (tertiary/aromatic N) is 3. The van der Waals surface area contributed by atoms with E-state index >= 15 is 0 Å². The summed E-state index contributed by atoms with van der Waals surface area (Å²) in [6.07, 6.45) is 3.80. The Hall–Kier alpha value is -3.15. The molecule has 0 saturated carbocycles. The number of fused-ring (bicyclic) bond motifs is 1. The van der Waals surface area contributed by atoms with Crippen LogP contribution in [0.15, 0.2) is 47.4 Å². The SMILES string of the molecule is CCCCN(CCCC)S(=O)(=O)c1ccc2nc(NC(=O)c3ccc(N4C(=O)CCC4=O)cc3)sc2c1. The fourth-order valence-electron chi connectivity index (χ4n) is 4.08. The predicted octanol–water partition coefficient (Wildman–Crippen LogP) is 4.79. The summed E-state index contributed by atoms with van der Waals surface area (Å²) in [6.45, 7) is 5.04. The summed E-state index contributed by atoms with van der Waals surface area (Å²) in [5, 5.41) is 3.10. The molecule has 11 heteroatoms. The molecule has 0 spiro atoms. The number of imide groups is 1. The largest absolute Gasteiger partial charge is 0.298 e. The molecule has 3 amide bonds. The zero-order chi connectivity index (χ0) is 26.6. The summed E-state index contributed by atoms with van der Waals surface area (Å²) in [5.41, 5.74) is 1.37. The zero-order valence-electron chi connectivity index (χ0n) is 20.9. The first-order valence-electron chi connectivity index (χ1n) is 12.4. The van der Waals surface area contributed by atoms with Gasteiger partial charge in [0.05, 0.1) is 20.8 Å². The summed E-state index contributed by atoms with van der Waals surface area (Å²) in [4.78, 5) is 42.4. The zero-order valence-corrected chi connectivity index (χ0v) is 22.5. The highest BCUT2D eigenvalue weighted by molar-refractivity contribution is 7.89. The molecule has 0 atom stereocenters.